The zero-order valence-electron chi connectivity index (χ0n) is 11.9. The minimum Gasteiger partial charge on any atom is -0.497 e. The van der Waals surface area contributed by atoms with Crippen LogP contribution in [0.1, 0.15) is 10.4 Å². The molecule has 0 fully saturated rings. The zero-order chi connectivity index (χ0) is 15.9. The van der Waals surface area contributed by atoms with Gasteiger partial charge in [0.2, 0.25) is 0 Å². The first-order valence-corrected chi connectivity index (χ1v) is 7.39. The lowest BCUT2D eigenvalue weighted by atomic mass is 10.2. The SMILES string of the molecule is COc1cccc(OCCNC(=O)c2ccc(F)cc2Br)c1. The summed E-state index contributed by atoms with van der Waals surface area (Å²) >= 11 is 3.16. The molecule has 0 spiro atoms. The highest BCUT2D eigenvalue weighted by Gasteiger charge is 2.10. The summed E-state index contributed by atoms with van der Waals surface area (Å²) in [4.78, 5) is 11.9. The Hall–Kier alpha value is -2.08. The van der Waals surface area contributed by atoms with Gasteiger partial charge in [0.05, 0.1) is 19.2 Å². The van der Waals surface area contributed by atoms with E-state index in [4.69, 9.17) is 9.47 Å². The summed E-state index contributed by atoms with van der Waals surface area (Å²) in [5.41, 5.74) is 0.378. The lowest BCUT2D eigenvalue weighted by molar-refractivity contribution is 0.0946. The molecule has 0 unspecified atom stereocenters. The molecule has 0 heterocycles. The molecular weight excluding hydrogens is 353 g/mol. The molecule has 4 nitrogen and oxygen atoms in total. The number of nitrogens with one attached hydrogen (secondary N) is 1. The first kappa shape index (κ1) is 16.3. The maximum atomic E-state index is 13.0. The number of hydrogen-bond acceptors (Lipinski definition) is 3. The third-order valence-electron chi connectivity index (χ3n) is 2.87. The van der Waals surface area contributed by atoms with Gasteiger partial charge in [-0.1, -0.05) is 6.07 Å². The predicted octanol–water partition coefficient (Wildman–Crippen LogP) is 3.41. The van der Waals surface area contributed by atoms with Crippen LogP contribution in [-0.2, 0) is 0 Å². The fourth-order valence-corrected chi connectivity index (χ4v) is 2.32. The summed E-state index contributed by atoms with van der Waals surface area (Å²) < 4.78 is 24.0. The average molecular weight is 368 g/mol. The van der Waals surface area contributed by atoms with Crippen LogP contribution in [-0.4, -0.2) is 26.2 Å². The molecule has 0 bridgehead atoms. The van der Waals surface area contributed by atoms with Gasteiger partial charge in [-0.25, -0.2) is 4.39 Å². The Balaban J connectivity index is 1.82. The summed E-state index contributed by atoms with van der Waals surface area (Å²) in [6.45, 7) is 0.650. The van der Waals surface area contributed by atoms with Crippen molar-refractivity contribution in [3.8, 4) is 11.5 Å². The van der Waals surface area contributed by atoms with Crippen LogP contribution in [0.5, 0.6) is 11.5 Å². The van der Waals surface area contributed by atoms with E-state index >= 15 is 0 Å². The molecule has 22 heavy (non-hydrogen) atoms. The van der Waals surface area contributed by atoms with Gasteiger partial charge >= 0.3 is 0 Å². The monoisotopic (exact) mass is 367 g/mol. The molecule has 2 aromatic carbocycles. The van der Waals surface area contributed by atoms with E-state index in [0.717, 1.165) is 0 Å². The van der Waals surface area contributed by atoms with E-state index in [1.54, 1.807) is 19.2 Å². The van der Waals surface area contributed by atoms with E-state index in [-0.39, 0.29) is 5.91 Å². The third-order valence-corrected chi connectivity index (χ3v) is 3.53. The van der Waals surface area contributed by atoms with Crippen molar-refractivity contribution < 1.29 is 18.7 Å². The van der Waals surface area contributed by atoms with Crippen LogP contribution in [0.2, 0.25) is 0 Å². The van der Waals surface area contributed by atoms with Crippen LogP contribution in [0.15, 0.2) is 46.9 Å². The molecule has 0 aromatic heterocycles. The molecule has 0 aliphatic carbocycles. The number of hydrogen-bond donors (Lipinski definition) is 1. The second kappa shape index (κ2) is 7.79. The molecule has 0 radical (unpaired) electrons. The van der Waals surface area contributed by atoms with E-state index in [0.29, 0.717) is 34.7 Å². The highest BCUT2D eigenvalue weighted by Crippen LogP contribution is 2.19. The second-order valence-electron chi connectivity index (χ2n) is 4.41. The number of carbonyl (C=O) groups is 1. The zero-order valence-corrected chi connectivity index (χ0v) is 13.5. The molecule has 1 N–H and O–H groups in total. The number of ether oxygens (including phenoxy) is 2. The van der Waals surface area contributed by atoms with Crippen molar-refractivity contribution >= 4 is 21.8 Å². The molecule has 116 valence electrons. The van der Waals surface area contributed by atoms with Crippen molar-refractivity contribution in [1.29, 1.82) is 0 Å². The molecule has 2 aromatic rings. The van der Waals surface area contributed by atoms with E-state index < -0.39 is 5.82 Å². The standard InChI is InChI=1S/C16H15BrFNO3/c1-21-12-3-2-4-13(10-12)22-8-7-19-16(20)14-6-5-11(18)9-15(14)17/h2-6,9-10H,7-8H2,1H3,(H,19,20). The largest absolute Gasteiger partial charge is 0.497 e. The van der Waals surface area contributed by atoms with Gasteiger partial charge in [0.15, 0.2) is 0 Å². The Kier molecular flexibility index (Phi) is 5.77. The molecule has 1 amide bonds. The normalized spacial score (nSPS) is 10.1. The number of rotatable bonds is 6. The Morgan fingerprint density at radius 3 is 2.73 bits per heavy atom. The van der Waals surface area contributed by atoms with Crippen LogP contribution in [0.3, 0.4) is 0 Å². The van der Waals surface area contributed by atoms with Crippen molar-refractivity contribution in [2.75, 3.05) is 20.3 Å². The summed E-state index contributed by atoms with van der Waals surface area (Å²) in [6, 6.07) is 11.1. The minimum absolute atomic E-state index is 0.291. The Bertz CT molecular complexity index is 664. The first-order chi connectivity index (χ1) is 10.6. The maximum Gasteiger partial charge on any atom is 0.252 e. The number of methoxy groups -OCH3 is 1. The fraction of sp³-hybridized carbons (Fsp3) is 0.188. The number of halogens is 2. The van der Waals surface area contributed by atoms with Crippen LogP contribution in [0, 0.1) is 5.82 Å². The van der Waals surface area contributed by atoms with Crippen LogP contribution in [0.4, 0.5) is 4.39 Å². The van der Waals surface area contributed by atoms with Gasteiger partial charge in [-0.3, -0.25) is 4.79 Å². The van der Waals surface area contributed by atoms with Crippen molar-refractivity contribution in [3.63, 3.8) is 0 Å². The fourth-order valence-electron chi connectivity index (χ4n) is 1.79. The van der Waals surface area contributed by atoms with Crippen LogP contribution in [0.25, 0.3) is 0 Å². The number of benzene rings is 2. The van der Waals surface area contributed by atoms with Crippen molar-refractivity contribution in [1.82, 2.24) is 5.32 Å². The second-order valence-corrected chi connectivity index (χ2v) is 5.26. The topological polar surface area (TPSA) is 47.6 Å². The molecule has 0 aliphatic heterocycles. The maximum absolute atomic E-state index is 13.0. The number of amides is 1. The van der Waals surface area contributed by atoms with E-state index in [2.05, 4.69) is 21.2 Å². The van der Waals surface area contributed by atoms with E-state index in [1.807, 2.05) is 12.1 Å². The first-order valence-electron chi connectivity index (χ1n) is 6.60. The van der Waals surface area contributed by atoms with Crippen molar-refractivity contribution in [2.45, 2.75) is 0 Å². The van der Waals surface area contributed by atoms with Gasteiger partial charge < -0.3 is 14.8 Å². The minimum atomic E-state index is -0.398. The molecular formula is C16H15BrFNO3. The summed E-state index contributed by atoms with van der Waals surface area (Å²) in [5.74, 6) is 0.680. The van der Waals surface area contributed by atoms with Gasteiger partial charge in [-0.2, -0.15) is 0 Å². The molecule has 0 saturated heterocycles. The van der Waals surface area contributed by atoms with Crippen molar-refractivity contribution in [2.24, 2.45) is 0 Å². The quantitative estimate of drug-likeness (QED) is 0.795. The molecule has 2 rings (SSSR count). The van der Waals surface area contributed by atoms with Gasteiger partial charge in [0.1, 0.15) is 23.9 Å². The average Bonchev–Trinajstić information content (AvgIpc) is 2.51. The predicted molar refractivity (Wildman–Crippen MR) is 84.9 cm³/mol. The molecule has 0 saturated carbocycles. The summed E-state index contributed by atoms with van der Waals surface area (Å²) in [7, 11) is 1.58. The molecule has 6 heteroatoms. The number of carbonyl (C=O) groups excluding carboxylic acids is 1. The van der Waals surface area contributed by atoms with E-state index in [9.17, 15) is 9.18 Å². The van der Waals surface area contributed by atoms with Gasteiger partial charge in [0, 0.05) is 10.5 Å². The van der Waals surface area contributed by atoms with Crippen LogP contribution >= 0.6 is 15.9 Å². The molecule has 0 atom stereocenters. The van der Waals surface area contributed by atoms with Gasteiger partial charge in [0.25, 0.3) is 5.91 Å². The Morgan fingerprint density at radius 2 is 2.00 bits per heavy atom. The smallest absolute Gasteiger partial charge is 0.252 e. The highest BCUT2D eigenvalue weighted by atomic mass is 79.9. The highest BCUT2D eigenvalue weighted by molar-refractivity contribution is 9.10. The lowest BCUT2D eigenvalue weighted by Crippen LogP contribution is -2.28. The van der Waals surface area contributed by atoms with Gasteiger partial charge in [-0.15, -0.1) is 0 Å². The third kappa shape index (κ3) is 4.46. The van der Waals surface area contributed by atoms with E-state index in [1.165, 1.54) is 18.2 Å². The summed E-state index contributed by atoms with van der Waals surface area (Å²) in [5, 5.41) is 2.71. The lowest BCUT2D eigenvalue weighted by Gasteiger charge is -2.09. The molecule has 0 aliphatic rings. The summed E-state index contributed by atoms with van der Waals surface area (Å²) in [6.07, 6.45) is 0. The Morgan fingerprint density at radius 1 is 1.23 bits per heavy atom. The van der Waals surface area contributed by atoms with Crippen LogP contribution < -0.4 is 14.8 Å². The van der Waals surface area contributed by atoms with Crippen molar-refractivity contribution in [3.05, 3.63) is 58.3 Å². The van der Waals surface area contributed by atoms with Gasteiger partial charge in [-0.05, 0) is 46.3 Å². The Labute approximate surface area is 136 Å².